The summed E-state index contributed by atoms with van der Waals surface area (Å²) in [6, 6.07) is 5.45. The fourth-order valence-electron chi connectivity index (χ4n) is 1.34. The molecule has 1 rings (SSSR count). The zero-order valence-corrected chi connectivity index (χ0v) is 13.5. The summed E-state index contributed by atoms with van der Waals surface area (Å²) in [4.78, 5) is 11.8. The van der Waals surface area contributed by atoms with Crippen LogP contribution in [0, 0.1) is 0 Å². The van der Waals surface area contributed by atoms with Crippen LogP contribution in [0.2, 0.25) is 0 Å². The highest BCUT2D eigenvalue weighted by atomic mass is 79.9. The zero-order valence-electron chi connectivity index (χ0n) is 10.3. The van der Waals surface area contributed by atoms with Gasteiger partial charge in [-0.2, -0.15) is 0 Å². The quantitative estimate of drug-likeness (QED) is 0.747. The molecule has 0 aromatic heterocycles. The summed E-state index contributed by atoms with van der Waals surface area (Å²) >= 11 is 6.83. The molecule has 0 aliphatic heterocycles. The number of hydrogen-bond acceptors (Lipinski definition) is 3. The number of rotatable bonds is 6. The highest BCUT2D eigenvalue weighted by molar-refractivity contribution is 9.11. The maximum Gasteiger partial charge on any atom is 0.242 e. The highest BCUT2D eigenvalue weighted by Crippen LogP contribution is 2.26. The van der Waals surface area contributed by atoms with Crippen LogP contribution >= 0.6 is 31.9 Å². The van der Waals surface area contributed by atoms with Gasteiger partial charge in [0.15, 0.2) is 0 Å². The monoisotopic (exact) mass is 378 g/mol. The van der Waals surface area contributed by atoms with Crippen molar-refractivity contribution in [2.24, 2.45) is 0 Å². The van der Waals surface area contributed by atoms with E-state index in [1.165, 1.54) is 0 Å². The summed E-state index contributed by atoms with van der Waals surface area (Å²) in [6.07, 6.45) is 0. The Morgan fingerprint density at radius 3 is 2.83 bits per heavy atom. The predicted octanol–water partition coefficient (Wildman–Crippen LogP) is 2.77. The number of nitrogens with one attached hydrogen (secondary N) is 2. The lowest BCUT2D eigenvalue weighted by Gasteiger charge is -2.16. The molecule has 1 atom stereocenters. The van der Waals surface area contributed by atoms with Crippen molar-refractivity contribution < 1.29 is 9.53 Å². The number of methoxy groups -OCH3 is 1. The lowest BCUT2D eigenvalue weighted by atomic mass is 10.2. The van der Waals surface area contributed by atoms with Crippen molar-refractivity contribution in [2.75, 3.05) is 25.6 Å². The Morgan fingerprint density at radius 1 is 1.44 bits per heavy atom. The maximum absolute atomic E-state index is 11.8. The van der Waals surface area contributed by atoms with Crippen molar-refractivity contribution in [1.82, 2.24) is 5.32 Å². The molecule has 0 bridgehead atoms. The van der Waals surface area contributed by atoms with Crippen molar-refractivity contribution in [3.8, 4) is 0 Å². The largest absolute Gasteiger partial charge is 0.383 e. The van der Waals surface area contributed by atoms with Gasteiger partial charge >= 0.3 is 0 Å². The number of carbonyl (C=O) groups excluding carboxylic acids is 1. The number of halogens is 2. The van der Waals surface area contributed by atoms with Gasteiger partial charge in [0.1, 0.15) is 6.04 Å². The molecule has 4 nitrogen and oxygen atoms in total. The highest BCUT2D eigenvalue weighted by Gasteiger charge is 2.13. The number of ether oxygens (including phenoxy) is 1. The molecule has 0 spiro atoms. The van der Waals surface area contributed by atoms with Crippen molar-refractivity contribution in [1.29, 1.82) is 0 Å². The van der Waals surface area contributed by atoms with Crippen LogP contribution in [0.5, 0.6) is 0 Å². The predicted molar refractivity (Wildman–Crippen MR) is 79.8 cm³/mol. The standard InChI is InChI=1S/C12H16Br2N2O2/c1-8(12(17)15-5-6-18-2)16-11-7-9(13)3-4-10(11)14/h3-4,7-8,16H,5-6H2,1-2H3,(H,15,17). The van der Waals surface area contributed by atoms with E-state index in [1.807, 2.05) is 25.1 Å². The molecule has 18 heavy (non-hydrogen) atoms. The van der Waals surface area contributed by atoms with Crippen LogP contribution < -0.4 is 10.6 Å². The van der Waals surface area contributed by atoms with Crippen LogP contribution in [0.1, 0.15) is 6.92 Å². The van der Waals surface area contributed by atoms with E-state index in [0.29, 0.717) is 13.2 Å². The average molecular weight is 380 g/mol. The minimum atomic E-state index is -0.313. The van der Waals surface area contributed by atoms with Gasteiger partial charge in [-0.3, -0.25) is 4.79 Å². The van der Waals surface area contributed by atoms with Crippen molar-refractivity contribution in [3.05, 3.63) is 27.1 Å². The van der Waals surface area contributed by atoms with E-state index in [2.05, 4.69) is 42.5 Å². The molecule has 100 valence electrons. The molecule has 2 N–H and O–H groups in total. The zero-order chi connectivity index (χ0) is 13.5. The molecule has 0 aliphatic carbocycles. The third kappa shape index (κ3) is 4.96. The van der Waals surface area contributed by atoms with Gasteiger partial charge in [0.2, 0.25) is 5.91 Å². The maximum atomic E-state index is 11.8. The van der Waals surface area contributed by atoms with Gasteiger partial charge in [0.25, 0.3) is 0 Å². The third-order valence-corrected chi connectivity index (χ3v) is 3.48. The Bertz CT molecular complexity index is 413. The third-order valence-electron chi connectivity index (χ3n) is 2.30. The van der Waals surface area contributed by atoms with Gasteiger partial charge in [-0.15, -0.1) is 0 Å². The minimum absolute atomic E-state index is 0.0566. The molecule has 1 unspecified atom stereocenters. The first-order chi connectivity index (χ1) is 8.54. The van der Waals surface area contributed by atoms with Crippen molar-refractivity contribution >= 4 is 43.5 Å². The smallest absolute Gasteiger partial charge is 0.242 e. The van der Waals surface area contributed by atoms with Gasteiger partial charge in [-0.1, -0.05) is 15.9 Å². The summed E-state index contributed by atoms with van der Waals surface area (Å²) in [6.45, 7) is 2.84. The minimum Gasteiger partial charge on any atom is -0.383 e. The second kappa shape index (κ2) is 7.76. The Kier molecular flexibility index (Phi) is 6.67. The first-order valence-electron chi connectivity index (χ1n) is 5.53. The molecule has 1 amide bonds. The van der Waals surface area contributed by atoms with E-state index in [-0.39, 0.29) is 11.9 Å². The van der Waals surface area contributed by atoms with E-state index in [9.17, 15) is 4.79 Å². The summed E-state index contributed by atoms with van der Waals surface area (Å²) < 4.78 is 6.75. The SMILES string of the molecule is COCCNC(=O)C(C)Nc1cc(Br)ccc1Br. The van der Waals surface area contributed by atoms with Gasteiger partial charge in [-0.05, 0) is 41.1 Å². The molecular formula is C12H16Br2N2O2. The molecule has 0 aliphatic rings. The Balaban J connectivity index is 2.55. The number of carbonyl (C=O) groups is 1. The normalized spacial score (nSPS) is 12.0. The number of hydrogen-bond donors (Lipinski definition) is 2. The summed E-state index contributed by atoms with van der Waals surface area (Å²) in [7, 11) is 1.60. The van der Waals surface area contributed by atoms with Crippen LogP contribution in [-0.2, 0) is 9.53 Å². The topological polar surface area (TPSA) is 50.4 Å². The summed E-state index contributed by atoms with van der Waals surface area (Å²) in [5.41, 5.74) is 0.874. The van der Waals surface area contributed by atoms with E-state index < -0.39 is 0 Å². The van der Waals surface area contributed by atoms with Crippen LogP contribution in [0.3, 0.4) is 0 Å². The number of anilines is 1. The number of amides is 1. The first-order valence-corrected chi connectivity index (χ1v) is 7.11. The Labute approximate surface area is 124 Å². The van der Waals surface area contributed by atoms with Crippen molar-refractivity contribution in [3.63, 3.8) is 0 Å². The van der Waals surface area contributed by atoms with Crippen LogP contribution in [0.4, 0.5) is 5.69 Å². The molecule has 0 heterocycles. The molecule has 1 aromatic carbocycles. The molecule has 0 radical (unpaired) electrons. The van der Waals surface area contributed by atoms with Crippen LogP contribution in [-0.4, -0.2) is 32.2 Å². The van der Waals surface area contributed by atoms with Gasteiger partial charge in [-0.25, -0.2) is 0 Å². The first kappa shape index (κ1) is 15.5. The molecule has 6 heteroatoms. The average Bonchev–Trinajstić information content (AvgIpc) is 2.34. The lowest BCUT2D eigenvalue weighted by molar-refractivity contribution is -0.121. The lowest BCUT2D eigenvalue weighted by Crippen LogP contribution is -2.39. The van der Waals surface area contributed by atoms with Gasteiger partial charge in [0.05, 0.1) is 12.3 Å². The number of benzene rings is 1. The fourth-order valence-corrected chi connectivity index (χ4v) is 2.06. The second-order valence-electron chi connectivity index (χ2n) is 3.77. The Morgan fingerprint density at radius 2 is 2.17 bits per heavy atom. The van der Waals surface area contributed by atoms with E-state index in [1.54, 1.807) is 7.11 Å². The molecule has 1 aromatic rings. The second-order valence-corrected chi connectivity index (χ2v) is 5.54. The Hall–Kier alpha value is -0.590. The van der Waals surface area contributed by atoms with Crippen molar-refractivity contribution in [2.45, 2.75) is 13.0 Å². The summed E-state index contributed by atoms with van der Waals surface area (Å²) in [5.74, 6) is -0.0566. The van der Waals surface area contributed by atoms with Crippen LogP contribution in [0.25, 0.3) is 0 Å². The van der Waals surface area contributed by atoms with Crippen LogP contribution in [0.15, 0.2) is 27.1 Å². The van der Waals surface area contributed by atoms with Gasteiger partial charge < -0.3 is 15.4 Å². The molecule has 0 saturated heterocycles. The summed E-state index contributed by atoms with van der Waals surface area (Å²) in [5, 5.41) is 5.93. The van der Waals surface area contributed by atoms with E-state index in [4.69, 9.17) is 4.74 Å². The molecule has 0 fully saturated rings. The molecule has 0 saturated carbocycles. The van der Waals surface area contributed by atoms with E-state index >= 15 is 0 Å². The van der Waals surface area contributed by atoms with E-state index in [0.717, 1.165) is 14.6 Å². The molecular weight excluding hydrogens is 364 g/mol. The fraction of sp³-hybridized carbons (Fsp3) is 0.417. The van der Waals surface area contributed by atoms with Gasteiger partial charge in [0, 0.05) is 22.6 Å².